The van der Waals surface area contributed by atoms with E-state index in [1.165, 1.54) is 65.1 Å². The van der Waals surface area contributed by atoms with E-state index < -0.39 is 0 Å². The molecular weight excluding hydrogens is 985 g/mol. The molecule has 0 unspecified atom stereocenters. The summed E-state index contributed by atoms with van der Waals surface area (Å²) >= 11 is 3.62. The molecule has 0 atom stereocenters. The van der Waals surface area contributed by atoms with Crippen LogP contribution in [0.15, 0.2) is 117 Å². The van der Waals surface area contributed by atoms with Crippen LogP contribution in [-0.2, 0) is 32.3 Å². The maximum Gasteiger partial charge on any atom is 0.224 e. The molecule has 4 N–H and O–H groups in total. The van der Waals surface area contributed by atoms with E-state index in [0.29, 0.717) is 50.1 Å². The van der Waals surface area contributed by atoms with Crippen molar-refractivity contribution in [3.05, 3.63) is 141 Å². The van der Waals surface area contributed by atoms with E-state index in [1.807, 2.05) is 23.5 Å². The fourth-order valence-electron chi connectivity index (χ4n) is 9.92. The van der Waals surface area contributed by atoms with Crippen molar-refractivity contribution in [1.82, 2.24) is 10.6 Å². The van der Waals surface area contributed by atoms with Crippen molar-refractivity contribution in [3.8, 4) is 0 Å². The number of benzene rings is 3. The molecule has 2 aliphatic heterocycles. The van der Waals surface area contributed by atoms with Gasteiger partial charge in [-0.25, -0.2) is 9.13 Å². The average molecular weight is 1070 g/mol. The first-order chi connectivity index (χ1) is 36.8. The van der Waals surface area contributed by atoms with E-state index >= 15 is 0 Å². The van der Waals surface area contributed by atoms with Gasteiger partial charge in [0.15, 0.2) is 22.8 Å². The van der Waals surface area contributed by atoms with Gasteiger partial charge in [0.05, 0.1) is 21.4 Å². The summed E-state index contributed by atoms with van der Waals surface area (Å²) in [7, 11) is 4.25. The molecule has 12 nitrogen and oxygen atoms in total. The largest absolute Gasteiger partial charge is 0.356 e. The van der Waals surface area contributed by atoms with Crippen LogP contribution in [0, 0.1) is 27.7 Å². The standard InChI is InChI=1S/C62H78N8O4S2/c1-45-39-49(43-61-67(5)53-23-15-17-25-55(53)75-61)40-46(2)69(45)37-21-9-13-27-57(71)63-35-19-7-11-29-59(73)65-51-31-33-52(34-32-51)66-60(74)30-12-8-20-36-64-58(72)28-14-10-22-38-70-47(3)41-50(42-48(70)4)44-62-68(6)54-24-16-18-26-56(54)76-62/h15-18,23-26,31-34,39-44H,7-14,19-22,27-30,35-38H2,1-6H3,(H2-2,63,64,65,66,71,72,73,74)/p+2. The van der Waals surface area contributed by atoms with Crippen molar-refractivity contribution in [3.63, 3.8) is 0 Å². The van der Waals surface area contributed by atoms with Crippen LogP contribution in [0.4, 0.5) is 22.7 Å². The van der Waals surface area contributed by atoms with E-state index in [2.05, 4.69) is 167 Å². The van der Waals surface area contributed by atoms with Gasteiger partial charge in [0.1, 0.15) is 13.1 Å². The Labute approximate surface area is 460 Å². The smallest absolute Gasteiger partial charge is 0.224 e. The molecule has 7 rings (SSSR count). The Hall–Kier alpha value is -6.38. The second kappa shape index (κ2) is 29.2. The number of unbranched alkanes of at least 4 members (excludes halogenated alkanes) is 8. The van der Waals surface area contributed by atoms with Crippen LogP contribution < -0.4 is 40.2 Å². The molecule has 402 valence electrons. The minimum atomic E-state index is -0.0541. The van der Waals surface area contributed by atoms with E-state index in [4.69, 9.17) is 0 Å². The summed E-state index contributed by atoms with van der Waals surface area (Å²) in [6.45, 7) is 11.8. The van der Waals surface area contributed by atoms with Gasteiger partial charge in [0, 0.05) is 139 Å². The summed E-state index contributed by atoms with van der Waals surface area (Å²) in [4.78, 5) is 57.2. The molecule has 0 aliphatic carbocycles. The molecule has 0 spiro atoms. The van der Waals surface area contributed by atoms with Gasteiger partial charge in [-0.3, -0.25) is 19.2 Å². The number of hydrogen-bond acceptors (Lipinski definition) is 8. The van der Waals surface area contributed by atoms with Gasteiger partial charge < -0.3 is 31.1 Å². The summed E-state index contributed by atoms with van der Waals surface area (Å²) in [6.07, 6.45) is 17.0. The summed E-state index contributed by atoms with van der Waals surface area (Å²) in [5.41, 5.74) is 11.3. The molecular formula is C62H80N8O4S2+2. The number of aryl methyl sites for hydroxylation is 4. The van der Waals surface area contributed by atoms with E-state index in [0.717, 1.165) is 90.1 Å². The zero-order valence-electron chi connectivity index (χ0n) is 45.8. The Bertz CT molecular complexity index is 2630. The number of anilines is 4. The average Bonchev–Trinajstić information content (AvgIpc) is 3.91. The molecule has 0 fully saturated rings. The molecule has 14 heteroatoms. The lowest BCUT2D eigenvalue weighted by molar-refractivity contribution is -0.709. The highest BCUT2D eigenvalue weighted by molar-refractivity contribution is 8.04. The number of para-hydroxylation sites is 2. The van der Waals surface area contributed by atoms with Crippen LogP contribution >= 0.6 is 23.5 Å². The van der Waals surface area contributed by atoms with Crippen LogP contribution in [-0.4, -0.2) is 50.8 Å². The minimum absolute atomic E-state index is 0.0541. The molecule has 5 aromatic rings. The van der Waals surface area contributed by atoms with Crippen LogP contribution in [0.1, 0.15) is 137 Å². The topological polar surface area (TPSA) is 131 Å². The number of carbonyl (C=O) groups is 4. The molecule has 2 aliphatic rings. The number of nitrogens with zero attached hydrogens (tertiary/aromatic N) is 4. The van der Waals surface area contributed by atoms with Gasteiger partial charge in [-0.1, -0.05) is 60.6 Å². The van der Waals surface area contributed by atoms with Gasteiger partial charge in [0.2, 0.25) is 23.6 Å². The molecule has 76 heavy (non-hydrogen) atoms. The molecule has 2 aromatic heterocycles. The Balaban J connectivity index is 0.650. The molecule has 4 amide bonds. The van der Waals surface area contributed by atoms with Crippen molar-refractivity contribution in [1.29, 1.82) is 0 Å². The number of amides is 4. The first-order valence-electron chi connectivity index (χ1n) is 27.5. The van der Waals surface area contributed by atoms with Crippen molar-refractivity contribution in [2.45, 2.75) is 153 Å². The quantitative estimate of drug-likeness (QED) is 0.0288. The predicted molar refractivity (Wildman–Crippen MR) is 313 cm³/mol. The van der Waals surface area contributed by atoms with Gasteiger partial charge in [-0.2, -0.15) is 0 Å². The zero-order chi connectivity index (χ0) is 53.8. The third-order valence-corrected chi connectivity index (χ3v) is 16.5. The lowest BCUT2D eigenvalue weighted by Gasteiger charge is -2.13. The molecule has 0 saturated carbocycles. The Morgan fingerprint density at radius 1 is 0.447 bits per heavy atom. The van der Waals surface area contributed by atoms with E-state index in [9.17, 15) is 19.2 Å². The lowest BCUT2D eigenvalue weighted by Crippen LogP contribution is -2.40. The van der Waals surface area contributed by atoms with Gasteiger partial charge in [-0.05, 0) is 123 Å². The maximum absolute atomic E-state index is 12.6. The molecule has 0 radical (unpaired) electrons. The number of aromatic nitrogens is 2. The summed E-state index contributed by atoms with van der Waals surface area (Å²) in [6, 6.07) is 33.2. The molecule has 0 bridgehead atoms. The van der Waals surface area contributed by atoms with Crippen LogP contribution in [0.2, 0.25) is 0 Å². The van der Waals surface area contributed by atoms with Crippen molar-refractivity contribution in [2.75, 3.05) is 47.6 Å². The lowest BCUT2D eigenvalue weighted by atomic mass is 10.1. The van der Waals surface area contributed by atoms with E-state index in [-0.39, 0.29) is 23.6 Å². The number of carbonyl (C=O) groups excluding carboxylic acids is 4. The normalized spacial score (nSPS) is 13.8. The van der Waals surface area contributed by atoms with Crippen molar-refractivity contribution >= 4 is 82.1 Å². The van der Waals surface area contributed by atoms with E-state index in [1.54, 1.807) is 24.3 Å². The maximum atomic E-state index is 12.6. The second-order valence-electron chi connectivity index (χ2n) is 20.3. The highest BCUT2D eigenvalue weighted by Gasteiger charge is 2.24. The highest BCUT2D eigenvalue weighted by Crippen LogP contribution is 2.46. The molecule has 0 saturated heterocycles. The first-order valence-corrected chi connectivity index (χ1v) is 29.1. The van der Waals surface area contributed by atoms with Gasteiger partial charge >= 0.3 is 0 Å². The SMILES string of the molecule is Cc1cc(C=C2Sc3ccccc3N2C)cc(C)[n+]1CCCCCC(=O)NCCCCCC(=O)Nc1ccc(NC(=O)CCCCCNC(=O)CCCCC[n+]2c(C)cc(C=C3Sc4ccccc4N3C)cc2C)cc1. The number of nitrogens with one attached hydrogen (secondary N) is 4. The minimum Gasteiger partial charge on any atom is -0.356 e. The first kappa shape index (κ1) is 57.3. The summed E-state index contributed by atoms with van der Waals surface area (Å²) < 4.78 is 4.74. The van der Waals surface area contributed by atoms with Crippen LogP contribution in [0.5, 0.6) is 0 Å². The van der Waals surface area contributed by atoms with Crippen molar-refractivity contribution < 1.29 is 28.3 Å². The Morgan fingerprint density at radius 2 is 0.789 bits per heavy atom. The Kier molecular flexibility index (Phi) is 22.0. The predicted octanol–water partition coefficient (Wildman–Crippen LogP) is 12.3. The number of thioether (sulfide) groups is 2. The number of fused-ring (bicyclic) bond motifs is 2. The third-order valence-electron chi connectivity index (χ3n) is 14.2. The van der Waals surface area contributed by atoms with Gasteiger partial charge in [0.25, 0.3) is 0 Å². The summed E-state index contributed by atoms with van der Waals surface area (Å²) in [5, 5.41) is 14.4. The number of rotatable bonds is 28. The van der Waals surface area contributed by atoms with Crippen LogP contribution in [0.25, 0.3) is 12.2 Å². The van der Waals surface area contributed by atoms with Crippen molar-refractivity contribution in [2.24, 2.45) is 0 Å². The number of hydrogen-bond donors (Lipinski definition) is 4. The molecule has 3 aromatic carbocycles. The fraction of sp³-hybridized carbons (Fsp3) is 0.419. The van der Waals surface area contributed by atoms with Gasteiger partial charge in [-0.15, -0.1) is 0 Å². The Morgan fingerprint density at radius 3 is 1.16 bits per heavy atom. The second-order valence-corrected chi connectivity index (χ2v) is 22.4. The fourth-order valence-corrected chi connectivity index (χ4v) is 12.1. The monoisotopic (exact) mass is 1060 g/mol. The summed E-state index contributed by atoms with van der Waals surface area (Å²) in [5.74, 6) is 0.0737. The highest BCUT2D eigenvalue weighted by atomic mass is 32.2. The zero-order valence-corrected chi connectivity index (χ0v) is 47.4. The van der Waals surface area contributed by atoms with Crippen LogP contribution in [0.3, 0.4) is 0 Å². The number of pyridine rings is 2. The molecule has 4 heterocycles. The third kappa shape index (κ3) is 17.3.